The van der Waals surface area contributed by atoms with E-state index in [1.54, 1.807) is 6.07 Å². The van der Waals surface area contributed by atoms with Gasteiger partial charge < -0.3 is 4.98 Å². The summed E-state index contributed by atoms with van der Waals surface area (Å²) in [5.41, 5.74) is 1.06. The van der Waals surface area contributed by atoms with E-state index in [0.29, 0.717) is 11.4 Å². The van der Waals surface area contributed by atoms with E-state index < -0.39 is 0 Å². The maximum absolute atomic E-state index is 13.1. The van der Waals surface area contributed by atoms with Crippen LogP contribution in [0.2, 0.25) is 0 Å². The number of H-pyrrole nitrogens is 1. The van der Waals surface area contributed by atoms with Gasteiger partial charge in [0.15, 0.2) is 0 Å². The number of aromatic amines is 1. The van der Waals surface area contributed by atoms with Crippen LogP contribution in [0.5, 0.6) is 0 Å². The van der Waals surface area contributed by atoms with E-state index in [1.807, 2.05) is 0 Å². The van der Waals surface area contributed by atoms with Crippen LogP contribution < -0.4 is 5.69 Å². The van der Waals surface area contributed by atoms with Crippen LogP contribution in [0, 0.1) is 5.82 Å². The van der Waals surface area contributed by atoms with E-state index in [4.69, 9.17) is 0 Å². The van der Waals surface area contributed by atoms with Crippen molar-refractivity contribution in [1.82, 2.24) is 9.97 Å². The second-order valence-electron chi connectivity index (χ2n) is 3.89. The molecule has 4 heteroatoms. The Morgan fingerprint density at radius 2 is 2.20 bits per heavy atom. The van der Waals surface area contributed by atoms with Crippen LogP contribution in [-0.4, -0.2) is 9.97 Å². The normalized spacial score (nSPS) is 15.8. The van der Waals surface area contributed by atoms with Crippen molar-refractivity contribution in [2.24, 2.45) is 0 Å². The molecule has 1 aliphatic rings. The van der Waals surface area contributed by atoms with Gasteiger partial charge in [0.2, 0.25) is 0 Å². The average molecular weight is 204 g/mol. The van der Waals surface area contributed by atoms with E-state index in [2.05, 4.69) is 9.97 Å². The van der Waals surface area contributed by atoms with Crippen molar-refractivity contribution in [3.8, 4) is 0 Å². The number of halogens is 1. The molecular formula is C11H9FN2O. The monoisotopic (exact) mass is 204 g/mol. The first-order valence-corrected chi connectivity index (χ1v) is 4.93. The van der Waals surface area contributed by atoms with Gasteiger partial charge in [-0.2, -0.15) is 4.98 Å². The van der Waals surface area contributed by atoms with Gasteiger partial charge in [-0.25, -0.2) is 9.18 Å². The molecule has 1 saturated carbocycles. The summed E-state index contributed by atoms with van der Waals surface area (Å²) in [6, 6.07) is 4.31. The van der Waals surface area contributed by atoms with E-state index in [1.165, 1.54) is 12.1 Å². The summed E-state index contributed by atoms with van der Waals surface area (Å²) in [5.74, 6) is 0.0863. The fraction of sp³-hybridized carbons (Fsp3) is 0.273. The quantitative estimate of drug-likeness (QED) is 0.771. The molecule has 1 N–H and O–H groups in total. The zero-order valence-electron chi connectivity index (χ0n) is 7.96. The Bertz CT molecular complexity index is 587. The third-order valence-electron chi connectivity index (χ3n) is 2.70. The number of nitrogens with one attached hydrogen (secondary N) is 1. The molecule has 3 rings (SSSR count). The van der Waals surface area contributed by atoms with Crippen molar-refractivity contribution >= 4 is 10.9 Å². The highest BCUT2D eigenvalue weighted by molar-refractivity contribution is 5.81. The SMILES string of the molecule is O=c1nc2ccc(F)cc2c(C2CC2)[nH]1. The number of fused-ring (bicyclic) bond motifs is 1. The molecule has 1 aromatic carbocycles. The van der Waals surface area contributed by atoms with Crippen LogP contribution in [0.15, 0.2) is 23.0 Å². The van der Waals surface area contributed by atoms with E-state index >= 15 is 0 Å². The second-order valence-corrected chi connectivity index (χ2v) is 3.89. The van der Waals surface area contributed by atoms with E-state index in [-0.39, 0.29) is 11.5 Å². The lowest BCUT2D eigenvalue weighted by Crippen LogP contribution is -2.12. The molecule has 0 amide bonds. The van der Waals surface area contributed by atoms with Gasteiger partial charge in [0.25, 0.3) is 0 Å². The minimum absolute atomic E-state index is 0.293. The fourth-order valence-corrected chi connectivity index (χ4v) is 1.84. The van der Waals surface area contributed by atoms with Crippen molar-refractivity contribution in [3.05, 3.63) is 40.2 Å². The first-order valence-electron chi connectivity index (χ1n) is 4.93. The summed E-state index contributed by atoms with van der Waals surface area (Å²) < 4.78 is 13.1. The highest BCUT2D eigenvalue weighted by atomic mass is 19.1. The summed E-state index contributed by atoms with van der Waals surface area (Å²) in [6.45, 7) is 0. The van der Waals surface area contributed by atoms with Gasteiger partial charge in [0.05, 0.1) is 5.52 Å². The molecule has 3 nitrogen and oxygen atoms in total. The average Bonchev–Trinajstić information content (AvgIpc) is 3.01. The Kier molecular flexibility index (Phi) is 1.65. The molecule has 1 aliphatic carbocycles. The predicted molar refractivity (Wildman–Crippen MR) is 54.3 cm³/mol. The van der Waals surface area contributed by atoms with Crippen LogP contribution in [-0.2, 0) is 0 Å². The Morgan fingerprint density at radius 3 is 2.93 bits per heavy atom. The van der Waals surface area contributed by atoms with Crippen molar-refractivity contribution in [1.29, 1.82) is 0 Å². The number of hydrogen-bond acceptors (Lipinski definition) is 2. The smallest absolute Gasteiger partial charge is 0.309 e. The molecule has 0 unspecified atom stereocenters. The lowest BCUT2D eigenvalue weighted by Gasteiger charge is -2.03. The highest BCUT2D eigenvalue weighted by Crippen LogP contribution is 2.41. The van der Waals surface area contributed by atoms with Crippen LogP contribution >= 0.6 is 0 Å². The van der Waals surface area contributed by atoms with Crippen LogP contribution in [0.3, 0.4) is 0 Å². The van der Waals surface area contributed by atoms with Crippen molar-refractivity contribution in [3.63, 3.8) is 0 Å². The van der Waals surface area contributed by atoms with Crippen LogP contribution in [0.4, 0.5) is 4.39 Å². The number of hydrogen-bond donors (Lipinski definition) is 1. The molecule has 0 atom stereocenters. The van der Waals surface area contributed by atoms with Gasteiger partial charge in [-0.1, -0.05) is 0 Å². The number of aromatic nitrogens is 2. The first-order chi connectivity index (χ1) is 7.24. The van der Waals surface area contributed by atoms with Crippen molar-refractivity contribution < 1.29 is 4.39 Å². The maximum Gasteiger partial charge on any atom is 0.345 e. The summed E-state index contributed by atoms with van der Waals surface area (Å²) in [6.07, 6.45) is 2.12. The number of rotatable bonds is 1. The Labute approximate surface area is 85.0 Å². The van der Waals surface area contributed by atoms with Gasteiger partial charge in [-0.05, 0) is 37.0 Å². The zero-order valence-corrected chi connectivity index (χ0v) is 7.96. The molecule has 0 aliphatic heterocycles. The number of nitrogens with zero attached hydrogens (tertiary/aromatic N) is 1. The van der Waals surface area contributed by atoms with Gasteiger partial charge in [0.1, 0.15) is 5.82 Å². The molecule has 0 radical (unpaired) electrons. The Balaban J connectivity index is 2.39. The van der Waals surface area contributed by atoms with Crippen molar-refractivity contribution in [2.75, 3.05) is 0 Å². The van der Waals surface area contributed by atoms with E-state index in [0.717, 1.165) is 23.9 Å². The van der Waals surface area contributed by atoms with Gasteiger partial charge >= 0.3 is 5.69 Å². The molecule has 1 heterocycles. The Hall–Kier alpha value is -1.71. The summed E-state index contributed by atoms with van der Waals surface area (Å²) in [7, 11) is 0. The zero-order chi connectivity index (χ0) is 10.4. The van der Waals surface area contributed by atoms with Gasteiger partial charge in [-0.3, -0.25) is 0 Å². The lowest BCUT2D eigenvalue weighted by molar-refractivity contribution is 0.629. The predicted octanol–water partition coefficient (Wildman–Crippen LogP) is 1.94. The molecule has 1 aromatic heterocycles. The summed E-state index contributed by atoms with van der Waals surface area (Å²) >= 11 is 0. The van der Waals surface area contributed by atoms with Crippen LogP contribution in [0.25, 0.3) is 10.9 Å². The molecule has 76 valence electrons. The molecule has 1 fully saturated rings. The minimum Gasteiger partial charge on any atom is -0.309 e. The van der Waals surface area contributed by atoms with Gasteiger partial charge in [0, 0.05) is 11.1 Å². The Morgan fingerprint density at radius 1 is 1.40 bits per heavy atom. The van der Waals surface area contributed by atoms with Gasteiger partial charge in [-0.15, -0.1) is 0 Å². The topological polar surface area (TPSA) is 45.8 Å². The molecule has 0 bridgehead atoms. The highest BCUT2D eigenvalue weighted by Gasteiger charge is 2.26. The molecule has 2 aromatic rings. The maximum atomic E-state index is 13.1. The molecule has 15 heavy (non-hydrogen) atoms. The summed E-state index contributed by atoms with van der Waals surface area (Å²) in [5, 5.41) is 0.733. The standard InChI is InChI=1S/C11H9FN2O/c12-7-3-4-9-8(5-7)10(6-1-2-6)14-11(15)13-9/h3-6H,1-2H2,(H,13,14,15). The van der Waals surface area contributed by atoms with E-state index in [9.17, 15) is 9.18 Å². The summed E-state index contributed by atoms with van der Waals surface area (Å²) in [4.78, 5) is 17.8. The molecule has 0 saturated heterocycles. The van der Waals surface area contributed by atoms with Crippen molar-refractivity contribution in [2.45, 2.75) is 18.8 Å². The molecular weight excluding hydrogens is 195 g/mol. The third-order valence-corrected chi connectivity index (χ3v) is 2.70. The van der Waals surface area contributed by atoms with Crippen LogP contribution in [0.1, 0.15) is 24.5 Å². The first kappa shape index (κ1) is 8.59. The molecule has 0 spiro atoms. The third kappa shape index (κ3) is 1.42. The lowest BCUT2D eigenvalue weighted by atomic mass is 10.1. The fourth-order valence-electron chi connectivity index (χ4n) is 1.84. The second kappa shape index (κ2) is 2.89. The minimum atomic E-state index is -0.351. The number of benzene rings is 1. The largest absolute Gasteiger partial charge is 0.345 e.